The van der Waals surface area contributed by atoms with Gasteiger partial charge in [0.05, 0.1) is 18.5 Å². The van der Waals surface area contributed by atoms with Crippen LogP contribution in [0, 0.1) is 0 Å². The highest BCUT2D eigenvalue weighted by Crippen LogP contribution is 2.07. The molecule has 0 saturated carbocycles. The SMILES string of the molecule is CCNC(=NCCCOC1CCOC1)NCCNS(=O)(=O)CC. The molecule has 0 aromatic heterocycles. The molecule has 1 fully saturated rings. The molecular formula is C14H30N4O4S. The van der Waals surface area contributed by atoms with E-state index in [4.69, 9.17) is 9.47 Å². The van der Waals surface area contributed by atoms with Gasteiger partial charge in [0.15, 0.2) is 5.96 Å². The Bertz CT molecular complexity index is 436. The number of rotatable bonds is 11. The normalized spacial score (nSPS) is 19.0. The van der Waals surface area contributed by atoms with Crippen LogP contribution < -0.4 is 15.4 Å². The highest BCUT2D eigenvalue weighted by atomic mass is 32.2. The minimum Gasteiger partial charge on any atom is -0.379 e. The molecule has 0 spiro atoms. The number of ether oxygens (including phenoxy) is 2. The summed E-state index contributed by atoms with van der Waals surface area (Å²) in [7, 11) is -3.14. The number of nitrogens with one attached hydrogen (secondary N) is 3. The predicted molar refractivity (Wildman–Crippen MR) is 91.2 cm³/mol. The molecule has 0 bridgehead atoms. The molecule has 0 aromatic carbocycles. The van der Waals surface area contributed by atoms with Crippen molar-refractivity contribution in [1.82, 2.24) is 15.4 Å². The van der Waals surface area contributed by atoms with Gasteiger partial charge in [0.2, 0.25) is 10.0 Å². The van der Waals surface area contributed by atoms with Gasteiger partial charge in [-0.3, -0.25) is 4.99 Å². The third kappa shape index (κ3) is 9.75. The molecule has 1 heterocycles. The smallest absolute Gasteiger partial charge is 0.211 e. The Hall–Kier alpha value is -0.900. The number of aliphatic imine (C=N–C) groups is 1. The summed E-state index contributed by atoms with van der Waals surface area (Å²) < 4.78 is 36.1. The van der Waals surface area contributed by atoms with Gasteiger partial charge in [-0.1, -0.05) is 0 Å². The fourth-order valence-electron chi connectivity index (χ4n) is 1.98. The van der Waals surface area contributed by atoms with E-state index >= 15 is 0 Å². The molecule has 1 aliphatic heterocycles. The maximum Gasteiger partial charge on any atom is 0.211 e. The Morgan fingerprint density at radius 1 is 1.30 bits per heavy atom. The fraction of sp³-hybridized carbons (Fsp3) is 0.929. The Balaban J connectivity index is 2.16. The van der Waals surface area contributed by atoms with Crippen LogP contribution in [-0.4, -0.2) is 72.2 Å². The molecule has 1 aliphatic rings. The monoisotopic (exact) mass is 350 g/mol. The average molecular weight is 350 g/mol. The van der Waals surface area contributed by atoms with Crippen LogP contribution >= 0.6 is 0 Å². The van der Waals surface area contributed by atoms with Crippen molar-refractivity contribution >= 4 is 16.0 Å². The van der Waals surface area contributed by atoms with Crippen LogP contribution in [0.5, 0.6) is 0 Å². The zero-order valence-corrected chi connectivity index (χ0v) is 15.0. The Morgan fingerprint density at radius 2 is 2.13 bits per heavy atom. The molecule has 0 aliphatic carbocycles. The summed E-state index contributed by atoms with van der Waals surface area (Å²) in [5, 5.41) is 6.23. The van der Waals surface area contributed by atoms with E-state index < -0.39 is 10.0 Å². The fourth-order valence-corrected chi connectivity index (χ4v) is 2.60. The van der Waals surface area contributed by atoms with Gasteiger partial charge in [0.25, 0.3) is 0 Å². The zero-order chi connectivity index (χ0) is 17.0. The molecule has 23 heavy (non-hydrogen) atoms. The van der Waals surface area contributed by atoms with Crippen molar-refractivity contribution in [2.45, 2.75) is 32.8 Å². The summed E-state index contributed by atoms with van der Waals surface area (Å²) in [6.07, 6.45) is 2.05. The minimum atomic E-state index is -3.14. The highest BCUT2D eigenvalue weighted by Gasteiger charge is 2.15. The Morgan fingerprint density at radius 3 is 2.78 bits per heavy atom. The quantitative estimate of drug-likeness (QED) is 0.268. The first-order valence-electron chi connectivity index (χ1n) is 8.26. The molecule has 1 rings (SSSR count). The second kappa shape index (κ2) is 11.6. The second-order valence-electron chi connectivity index (χ2n) is 5.20. The number of hydrogen-bond donors (Lipinski definition) is 3. The third-order valence-electron chi connectivity index (χ3n) is 3.28. The van der Waals surface area contributed by atoms with Crippen LogP contribution in [-0.2, 0) is 19.5 Å². The summed E-state index contributed by atoms with van der Waals surface area (Å²) in [5.41, 5.74) is 0. The molecule has 0 aromatic rings. The number of nitrogens with zero attached hydrogens (tertiary/aromatic N) is 1. The van der Waals surface area contributed by atoms with Gasteiger partial charge in [-0.15, -0.1) is 0 Å². The van der Waals surface area contributed by atoms with Gasteiger partial charge in [-0.2, -0.15) is 0 Å². The zero-order valence-electron chi connectivity index (χ0n) is 14.1. The molecule has 8 nitrogen and oxygen atoms in total. The van der Waals surface area contributed by atoms with E-state index in [1.54, 1.807) is 6.92 Å². The Labute approximate surface area is 139 Å². The first-order valence-corrected chi connectivity index (χ1v) is 9.91. The first kappa shape index (κ1) is 20.1. The van der Waals surface area contributed by atoms with Crippen LogP contribution in [0.1, 0.15) is 26.7 Å². The summed E-state index contributed by atoms with van der Waals surface area (Å²) in [4.78, 5) is 4.44. The van der Waals surface area contributed by atoms with E-state index in [9.17, 15) is 8.42 Å². The van der Waals surface area contributed by atoms with Crippen molar-refractivity contribution in [3.63, 3.8) is 0 Å². The van der Waals surface area contributed by atoms with Crippen molar-refractivity contribution in [2.24, 2.45) is 4.99 Å². The van der Waals surface area contributed by atoms with Crippen LogP contribution in [0.15, 0.2) is 4.99 Å². The van der Waals surface area contributed by atoms with Crippen molar-refractivity contribution in [2.75, 3.05) is 51.8 Å². The van der Waals surface area contributed by atoms with Crippen LogP contribution in [0.4, 0.5) is 0 Å². The molecule has 0 amide bonds. The minimum absolute atomic E-state index is 0.0905. The summed E-state index contributed by atoms with van der Waals surface area (Å²) in [6, 6.07) is 0. The number of hydrogen-bond acceptors (Lipinski definition) is 5. The molecule has 1 saturated heterocycles. The molecule has 3 N–H and O–H groups in total. The van der Waals surface area contributed by atoms with Gasteiger partial charge >= 0.3 is 0 Å². The topological polar surface area (TPSA) is 101 Å². The number of sulfonamides is 1. The molecule has 136 valence electrons. The molecule has 1 unspecified atom stereocenters. The molecule has 9 heteroatoms. The number of guanidine groups is 1. The van der Waals surface area contributed by atoms with Gasteiger partial charge < -0.3 is 20.1 Å². The van der Waals surface area contributed by atoms with Crippen LogP contribution in [0.3, 0.4) is 0 Å². The van der Waals surface area contributed by atoms with E-state index in [0.717, 1.165) is 26.0 Å². The standard InChI is InChI=1S/C14H30N4O4S/c1-3-15-14(17-8-9-18-23(19,20)4-2)16-7-5-10-22-13-6-11-21-12-13/h13,18H,3-12H2,1-2H3,(H2,15,16,17). The van der Waals surface area contributed by atoms with Crippen LogP contribution in [0.2, 0.25) is 0 Å². The molecule has 0 radical (unpaired) electrons. The third-order valence-corrected chi connectivity index (χ3v) is 4.68. The van der Waals surface area contributed by atoms with Crippen molar-refractivity contribution in [1.29, 1.82) is 0 Å². The lowest BCUT2D eigenvalue weighted by molar-refractivity contribution is 0.0424. The van der Waals surface area contributed by atoms with Gasteiger partial charge in [-0.25, -0.2) is 13.1 Å². The van der Waals surface area contributed by atoms with Gasteiger partial charge in [-0.05, 0) is 26.7 Å². The highest BCUT2D eigenvalue weighted by molar-refractivity contribution is 7.89. The summed E-state index contributed by atoms with van der Waals surface area (Å²) >= 11 is 0. The maximum absolute atomic E-state index is 11.3. The molecular weight excluding hydrogens is 320 g/mol. The van der Waals surface area contributed by atoms with Gasteiger partial charge in [0.1, 0.15) is 0 Å². The van der Waals surface area contributed by atoms with E-state index in [1.807, 2.05) is 6.92 Å². The second-order valence-corrected chi connectivity index (χ2v) is 7.29. The van der Waals surface area contributed by atoms with E-state index in [2.05, 4.69) is 20.3 Å². The predicted octanol–water partition coefficient (Wildman–Crippen LogP) is -0.324. The maximum atomic E-state index is 11.3. The largest absolute Gasteiger partial charge is 0.379 e. The molecule has 1 atom stereocenters. The van der Waals surface area contributed by atoms with Crippen molar-refractivity contribution in [3.05, 3.63) is 0 Å². The summed E-state index contributed by atoms with van der Waals surface area (Å²) in [5.74, 6) is 0.778. The lowest BCUT2D eigenvalue weighted by atomic mass is 10.3. The lowest BCUT2D eigenvalue weighted by Crippen LogP contribution is -2.41. The van der Waals surface area contributed by atoms with E-state index in [1.165, 1.54) is 0 Å². The van der Waals surface area contributed by atoms with Gasteiger partial charge in [0, 0.05) is 39.4 Å². The van der Waals surface area contributed by atoms with Crippen molar-refractivity contribution in [3.8, 4) is 0 Å². The Kier molecular flexibility index (Phi) is 10.2. The van der Waals surface area contributed by atoms with E-state index in [0.29, 0.717) is 38.8 Å². The van der Waals surface area contributed by atoms with Crippen LogP contribution in [0.25, 0.3) is 0 Å². The summed E-state index contributed by atoms with van der Waals surface area (Å²) in [6.45, 7) is 7.99. The lowest BCUT2D eigenvalue weighted by Gasteiger charge is -2.12. The first-order chi connectivity index (χ1) is 11.1. The van der Waals surface area contributed by atoms with Crippen molar-refractivity contribution < 1.29 is 17.9 Å². The average Bonchev–Trinajstić information content (AvgIpc) is 3.04. The van der Waals surface area contributed by atoms with E-state index in [-0.39, 0.29) is 11.9 Å².